The largest absolute Gasteiger partial charge is 0.493 e. The highest BCUT2D eigenvalue weighted by molar-refractivity contribution is 5.99. The molecule has 7 aromatic carbocycles. The number of hydrogen-bond acceptors (Lipinski definition) is 7. The first-order valence-corrected chi connectivity index (χ1v) is 36.6. The summed E-state index contributed by atoms with van der Waals surface area (Å²) >= 11 is 0. The topological polar surface area (TPSA) is 160 Å². The minimum absolute atomic E-state index is 0.0842. The van der Waals surface area contributed by atoms with Crippen LogP contribution in [-0.4, -0.2) is 43.0 Å². The van der Waals surface area contributed by atoms with Crippen molar-refractivity contribution in [2.45, 2.75) is 249 Å². The van der Waals surface area contributed by atoms with E-state index in [9.17, 15) is 14.4 Å². The van der Waals surface area contributed by atoms with Crippen LogP contribution >= 0.6 is 0 Å². The molecule has 7 heterocycles. The number of imidazole rings is 1. The van der Waals surface area contributed by atoms with Crippen LogP contribution in [0.5, 0.6) is 11.5 Å². The van der Waals surface area contributed by atoms with Gasteiger partial charge in [-0.05, 0) is 212 Å². The van der Waals surface area contributed by atoms with Gasteiger partial charge in [0, 0.05) is 57.9 Å². The highest BCUT2D eigenvalue weighted by atomic mass is 16.5. The van der Waals surface area contributed by atoms with Gasteiger partial charge < -0.3 is 34.2 Å². The summed E-state index contributed by atoms with van der Waals surface area (Å²) in [5, 5.41) is 5.64. The summed E-state index contributed by atoms with van der Waals surface area (Å²) in [6.07, 6.45) is 7.19. The van der Waals surface area contributed by atoms with E-state index in [4.69, 9.17) is 13.9 Å². The first-order valence-electron chi connectivity index (χ1n) is 36.6. The number of carbonyl (C=O) groups is 2. The second-order valence-corrected chi connectivity index (χ2v) is 35.7. The number of aromatic amines is 3. The summed E-state index contributed by atoms with van der Waals surface area (Å²) in [7, 11) is 1.72. The second kappa shape index (κ2) is 29.8. The van der Waals surface area contributed by atoms with Crippen molar-refractivity contribution in [3.63, 3.8) is 0 Å². The van der Waals surface area contributed by atoms with Crippen molar-refractivity contribution in [1.29, 1.82) is 0 Å². The molecule has 102 heavy (non-hydrogen) atoms. The van der Waals surface area contributed by atoms with E-state index >= 15 is 0 Å². The van der Waals surface area contributed by atoms with E-state index in [0.29, 0.717) is 18.4 Å². The minimum atomic E-state index is -0.309. The van der Waals surface area contributed by atoms with Gasteiger partial charge >= 0.3 is 11.7 Å². The SMILES string of the molecule is CC(C)(C)c1ccc2c(c1)CCO2.CC(C)(C)c1ccc2c(c1)NC(=O)C2.CC(C)(C)c1ccc2c(c1)OC(=O)C2.CC(C)(C)c1ccc2c3c([nH]c2c1)CCCC3.Cc1cc2cc(C(C)(C)C)ccc2[nH]1.Cc1cc2nc(C(C)(C)C)[nH]c2cc1C.Cn1c(=O)oc2ccc(C(C)(C)C)cc21. The van der Waals surface area contributed by atoms with Crippen LogP contribution in [0.3, 0.4) is 0 Å². The number of fused-ring (bicyclic) bond motifs is 9. The first-order chi connectivity index (χ1) is 47.3. The van der Waals surface area contributed by atoms with Gasteiger partial charge in [-0.3, -0.25) is 14.2 Å². The third-order valence-electron chi connectivity index (χ3n) is 19.7. The lowest BCUT2D eigenvalue weighted by Crippen LogP contribution is -2.12. The zero-order valence-corrected chi connectivity index (χ0v) is 66.1. The molecule has 3 aliphatic heterocycles. The molecule has 542 valence electrons. The highest BCUT2D eigenvalue weighted by Gasteiger charge is 2.26. The highest BCUT2D eigenvalue weighted by Crippen LogP contribution is 2.37. The Labute approximate surface area is 607 Å². The number of rotatable bonds is 0. The van der Waals surface area contributed by atoms with Crippen LogP contribution < -0.4 is 20.5 Å². The third-order valence-corrected chi connectivity index (χ3v) is 19.7. The van der Waals surface area contributed by atoms with E-state index in [1.54, 1.807) is 12.6 Å². The first kappa shape index (κ1) is 77.3. The number of nitrogens with zero attached hydrogens (tertiary/aromatic N) is 2. The summed E-state index contributed by atoms with van der Waals surface area (Å²) in [5.41, 5.74) is 26.7. The van der Waals surface area contributed by atoms with Gasteiger partial charge in [0.15, 0.2) is 5.58 Å². The van der Waals surface area contributed by atoms with Gasteiger partial charge in [-0.25, -0.2) is 9.78 Å². The molecule has 0 radical (unpaired) electrons. The van der Waals surface area contributed by atoms with Crippen molar-refractivity contribution in [1.82, 2.24) is 24.5 Å². The number of amides is 1. The Hall–Kier alpha value is -8.90. The number of ether oxygens (including phenoxy) is 2. The van der Waals surface area contributed by atoms with Gasteiger partial charge in [0.1, 0.15) is 17.3 Å². The fourth-order valence-electron chi connectivity index (χ4n) is 12.8. The maximum atomic E-state index is 11.3. The number of hydrogen-bond donors (Lipinski definition) is 4. The van der Waals surface area contributed by atoms with Gasteiger partial charge in [0.25, 0.3) is 0 Å². The lowest BCUT2D eigenvalue weighted by molar-refractivity contribution is -0.131. The van der Waals surface area contributed by atoms with E-state index in [-0.39, 0.29) is 55.5 Å². The van der Waals surface area contributed by atoms with Gasteiger partial charge in [0.2, 0.25) is 5.91 Å². The average molecular weight is 1380 g/mol. The zero-order valence-electron chi connectivity index (χ0n) is 66.1. The molecular formula is C90H116N6O6. The average Bonchev–Trinajstić information content (AvgIpc) is 1.65. The predicted molar refractivity (Wildman–Crippen MR) is 426 cm³/mol. The summed E-state index contributed by atoms with van der Waals surface area (Å²) in [6.45, 7) is 53.4. The maximum absolute atomic E-state index is 11.3. The molecule has 12 nitrogen and oxygen atoms in total. The van der Waals surface area contributed by atoms with Gasteiger partial charge in [-0.15, -0.1) is 0 Å². The maximum Gasteiger partial charge on any atom is 0.419 e. The second-order valence-electron chi connectivity index (χ2n) is 35.7. The molecule has 11 aromatic rings. The van der Waals surface area contributed by atoms with Crippen LogP contribution in [0.15, 0.2) is 137 Å². The van der Waals surface area contributed by atoms with Crippen molar-refractivity contribution in [2.24, 2.45) is 7.05 Å². The summed E-state index contributed by atoms with van der Waals surface area (Å²) in [5.74, 6) is 2.52. The number of carbonyl (C=O) groups excluding carboxylic acids is 2. The fraction of sp³-hybridized carbons (Fsp3) is 0.444. The van der Waals surface area contributed by atoms with Crippen molar-refractivity contribution < 1.29 is 23.5 Å². The molecule has 4 aliphatic rings. The van der Waals surface area contributed by atoms with Crippen molar-refractivity contribution in [3.8, 4) is 11.5 Å². The van der Waals surface area contributed by atoms with Crippen LogP contribution in [0.4, 0.5) is 5.69 Å². The van der Waals surface area contributed by atoms with Crippen molar-refractivity contribution in [3.05, 3.63) is 222 Å². The Morgan fingerprint density at radius 1 is 0.451 bits per heavy atom. The number of aryl methyl sites for hydroxylation is 6. The van der Waals surface area contributed by atoms with Crippen LogP contribution in [0, 0.1) is 20.8 Å². The minimum Gasteiger partial charge on any atom is -0.493 e. The standard InChI is InChI=1S/C16H21N.C13H18N2.C13H17N.C12H15NO2.C12H15NO.C12H14O2.C12H16O/c1-16(2,3)11-8-9-13-12-6-4-5-7-14(12)17-15(13)10-11;1-8-6-10-11(7-9(8)2)15-12(14-10)13(3,4)5;1-9-7-10-8-11(13(2,3)4)5-6-12(10)14-9;1-12(2,3)8-5-6-10-9(7-8)13(4)11(14)15-10;1-12(2,3)9-5-4-8-6-11(14)13-10(8)7-9;1-12(2,3)9-5-4-8-6-11(13)14-10(8)7-9;1-12(2,3)10-4-5-11-9(8-10)6-7-13-11/h8-10,17H,4-7H2,1-3H3;6-7H,1-5H3,(H,14,15);5-8,14H,1-4H3;5-7H,1-4H3;4-5,7H,6H2,1-3H3,(H,13,14);4-5,7H,6H2,1-3H3;4-5,8H,6-7H2,1-3H3. The number of nitrogens with one attached hydrogen (secondary N) is 4. The molecule has 1 aliphatic carbocycles. The molecule has 0 unspecified atom stereocenters. The molecule has 0 atom stereocenters. The molecule has 0 bridgehead atoms. The molecule has 0 spiro atoms. The molecular weight excluding hydrogens is 1260 g/mol. The van der Waals surface area contributed by atoms with Gasteiger partial charge in [0.05, 0.1) is 36.0 Å². The molecule has 12 heteroatoms. The zero-order chi connectivity index (χ0) is 75.0. The molecule has 0 saturated heterocycles. The number of H-pyrrole nitrogens is 3. The van der Waals surface area contributed by atoms with Crippen LogP contribution in [-0.2, 0) is 86.6 Å². The Morgan fingerprint density at radius 2 is 1.00 bits per heavy atom. The van der Waals surface area contributed by atoms with Gasteiger partial charge in [-0.1, -0.05) is 206 Å². The number of anilines is 1. The number of esters is 1. The van der Waals surface area contributed by atoms with E-state index in [1.165, 1.54) is 114 Å². The van der Waals surface area contributed by atoms with Gasteiger partial charge in [-0.2, -0.15) is 0 Å². The van der Waals surface area contributed by atoms with Crippen LogP contribution in [0.25, 0.3) is 43.9 Å². The monoisotopic (exact) mass is 1380 g/mol. The molecule has 15 rings (SSSR count). The number of benzene rings is 7. The Kier molecular flexibility index (Phi) is 22.6. The van der Waals surface area contributed by atoms with Crippen LogP contribution in [0.2, 0.25) is 0 Å². The van der Waals surface area contributed by atoms with E-state index in [0.717, 1.165) is 63.7 Å². The Bertz CT molecular complexity index is 4780. The van der Waals surface area contributed by atoms with Crippen molar-refractivity contribution >= 4 is 61.5 Å². The van der Waals surface area contributed by atoms with E-state index < -0.39 is 0 Å². The summed E-state index contributed by atoms with van der Waals surface area (Å²) in [4.78, 5) is 48.5. The lowest BCUT2D eigenvalue weighted by atomic mass is 9.86. The Morgan fingerprint density at radius 3 is 1.65 bits per heavy atom. The molecule has 4 N–H and O–H groups in total. The molecule has 0 saturated carbocycles. The number of oxazole rings is 1. The van der Waals surface area contributed by atoms with Crippen molar-refractivity contribution in [2.75, 3.05) is 11.9 Å². The lowest BCUT2D eigenvalue weighted by Gasteiger charge is -2.19. The Balaban J connectivity index is 0.000000139. The molecule has 1 amide bonds. The molecule has 4 aromatic heterocycles. The van der Waals surface area contributed by atoms with Crippen LogP contribution in [0.1, 0.15) is 242 Å². The smallest absolute Gasteiger partial charge is 0.419 e. The summed E-state index contributed by atoms with van der Waals surface area (Å²) in [6, 6.07) is 44.8. The fourth-order valence-corrected chi connectivity index (χ4v) is 12.8. The third kappa shape index (κ3) is 19.2. The summed E-state index contributed by atoms with van der Waals surface area (Å²) < 4.78 is 17.2. The predicted octanol–water partition coefficient (Wildman–Crippen LogP) is 21.9. The van der Waals surface area contributed by atoms with E-state index in [2.05, 4.69) is 282 Å². The molecule has 0 fully saturated rings. The number of aromatic nitrogens is 5. The quantitative estimate of drug-likeness (QED) is 0.0868. The van der Waals surface area contributed by atoms with E-state index in [1.807, 2.05) is 36.4 Å². The normalized spacial score (nSPS) is 14.1.